The van der Waals surface area contributed by atoms with Crippen molar-refractivity contribution in [2.75, 3.05) is 19.6 Å². The summed E-state index contributed by atoms with van der Waals surface area (Å²) in [6.45, 7) is 0.866. The quantitative estimate of drug-likeness (QED) is 0.0909. The monoisotopic (exact) mass is 791 g/mol. The Morgan fingerprint density at radius 2 is 1.61 bits per heavy atom. The Kier molecular flexibility index (Phi) is 18.7. The molecule has 1 aliphatic rings. The lowest BCUT2D eigenvalue weighted by Crippen LogP contribution is -2.56. The van der Waals surface area contributed by atoms with E-state index >= 15 is 0 Å². The van der Waals surface area contributed by atoms with E-state index in [2.05, 4.69) is 41.9 Å². The van der Waals surface area contributed by atoms with Crippen LogP contribution >= 0.6 is 0 Å². The lowest BCUT2D eigenvalue weighted by Gasteiger charge is -2.25. The second-order valence-corrected chi connectivity index (χ2v) is 13.5. The van der Waals surface area contributed by atoms with E-state index in [1.54, 1.807) is 0 Å². The molecule has 5 amide bonds. The number of Topliss-reactive ketones (excluding diaryl/α,β-unsaturated/α-hetero) is 1. The van der Waals surface area contributed by atoms with Crippen LogP contribution in [0.25, 0.3) is 0 Å². The summed E-state index contributed by atoms with van der Waals surface area (Å²) in [5.41, 5.74) is 11.5. The average Bonchev–Trinajstić information content (AvgIpc) is 3.63. The molecule has 0 unspecified atom stereocenters. The van der Waals surface area contributed by atoms with Crippen LogP contribution in [-0.2, 0) is 36.9 Å². The van der Waals surface area contributed by atoms with Gasteiger partial charge in [0, 0.05) is 32.6 Å². The summed E-state index contributed by atoms with van der Waals surface area (Å²) in [6, 6.07) is 4.48. The topological polar surface area (TPSA) is 258 Å². The summed E-state index contributed by atoms with van der Waals surface area (Å²) >= 11 is 0. The second-order valence-electron chi connectivity index (χ2n) is 13.5. The number of aryl methyl sites for hydroxylation is 1. The largest absolute Gasteiger partial charge is 0.452 e. The summed E-state index contributed by atoms with van der Waals surface area (Å²) in [4.78, 5) is 81.6. The molecule has 0 aliphatic carbocycles. The minimum Gasteiger partial charge on any atom is -0.370 e. The predicted octanol–water partition coefficient (Wildman–Crippen LogP) is 0.921. The van der Waals surface area contributed by atoms with Crippen LogP contribution in [0.2, 0.25) is 0 Å². The molecule has 17 nitrogen and oxygen atoms in total. The maximum absolute atomic E-state index is 13.8. The molecule has 3 rings (SSSR count). The third kappa shape index (κ3) is 16.8. The van der Waals surface area contributed by atoms with E-state index in [-0.39, 0.29) is 94.5 Å². The molecule has 9 N–H and O–H groups in total. The number of aliphatic imine (C=N–C) groups is 1. The Balaban J connectivity index is 1.81. The summed E-state index contributed by atoms with van der Waals surface area (Å²) in [6.07, 6.45) is -0.905. The van der Waals surface area contributed by atoms with Crippen molar-refractivity contribution in [2.45, 2.75) is 114 Å². The number of unbranched alkanes of at least 4 members (excludes halogenated alkanes) is 1. The number of aromatic nitrogens is 3. The molecule has 0 spiro atoms. The molecule has 20 heteroatoms. The number of hydrogen-bond donors (Lipinski definition) is 7. The molecule has 56 heavy (non-hydrogen) atoms. The number of carbonyl (C=O) groups is 6. The Bertz CT molecular complexity index is 1630. The van der Waals surface area contributed by atoms with Gasteiger partial charge in [-0.1, -0.05) is 42.0 Å². The van der Waals surface area contributed by atoms with Gasteiger partial charge in [-0.05, 0) is 69.8 Å². The van der Waals surface area contributed by atoms with Crippen LogP contribution in [0, 0.1) is 0 Å². The number of nitrogens with zero attached hydrogens (tertiary/aromatic N) is 4. The van der Waals surface area contributed by atoms with Crippen LogP contribution in [0.5, 0.6) is 0 Å². The van der Waals surface area contributed by atoms with Gasteiger partial charge in [0.05, 0.1) is 18.7 Å². The smallest absolute Gasteiger partial charge is 0.370 e. The zero-order valence-electron chi connectivity index (χ0n) is 31.2. The molecule has 0 fully saturated rings. The summed E-state index contributed by atoms with van der Waals surface area (Å²) in [5.74, 6) is -5.47. The highest BCUT2D eigenvalue weighted by molar-refractivity contribution is 5.98. The van der Waals surface area contributed by atoms with E-state index < -0.39 is 47.8 Å². The number of amides is 5. The van der Waals surface area contributed by atoms with Crippen molar-refractivity contribution in [1.82, 2.24) is 41.6 Å². The Hall–Kier alpha value is -5.56. The number of carbonyl (C=O) groups excluding carboxylic acids is 6. The highest BCUT2D eigenvalue weighted by Gasteiger charge is 2.44. The molecule has 1 aromatic carbocycles. The third-order valence-electron chi connectivity index (χ3n) is 8.87. The predicted molar refractivity (Wildman–Crippen MR) is 198 cm³/mol. The van der Waals surface area contributed by atoms with Crippen LogP contribution in [0.4, 0.5) is 13.2 Å². The Morgan fingerprint density at radius 3 is 2.34 bits per heavy atom. The van der Waals surface area contributed by atoms with Crippen molar-refractivity contribution in [3.8, 4) is 0 Å². The van der Waals surface area contributed by atoms with E-state index in [4.69, 9.17) is 11.5 Å². The van der Waals surface area contributed by atoms with Gasteiger partial charge in [0.2, 0.25) is 23.6 Å². The normalized spacial score (nSPS) is 19.7. The molecule has 2 heterocycles. The number of nitrogens with two attached hydrogens (primary N) is 2. The summed E-state index contributed by atoms with van der Waals surface area (Å²) in [7, 11) is 0. The lowest BCUT2D eigenvalue weighted by molar-refractivity contribution is -0.174. The van der Waals surface area contributed by atoms with Gasteiger partial charge in [-0.25, -0.2) is 0 Å². The minimum atomic E-state index is -5.26. The van der Waals surface area contributed by atoms with Crippen LogP contribution in [0.15, 0.2) is 41.5 Å². The maximum Gasteiger partial charge on any atom is 0.452 e. The second kappa shape index (κ2) is 23.4. The van der Waals surface area contributed by atoms with Gasteiger partial charge in [0.25, 0.3) is 11.7 Å². The number of halogens is 3. The summed E-state index contributed by atoms with van der Waals surface area (Å²) in [5, 5.41) is 20.7. The highest BCUT2D eigenvalue weighted by Crippen LogP contribution is 2.21. The molecule has 308 valence electrons. The number of nitrogens with one attached hydrogen (secondary N) is 5. The Morgan fingerprint density at radius 1 is 0.893 bits per heavy atom. The molecule has 1 aromatic heterocycles. The number of fused-ring (bicyclic) bond motifs is 2. The Labute approximate surface area is 322 Å². The number of guanidine groups is 1. The molecular formula is C36H52F3N11O6. The van der Waals surface area contributed by atoms with Gasteiger partial charge in [-0.15, -0.1) is 5.10 Å². The maximum atomic E-state index is 13.8. The van der Waals surface area contributed by atoms with Crippen molar-refractivity contribution in [1.29, 1.82) is 0 Å². The van der Waals surface area contributed by atoms with Crippen molar-refractivity contribution in [2.24, 2.45) is 16.5 Å². The number of ketones is 1. The van der Waals surface area contributed by atoms with Gasteiger partial charge < -0.3 is 38.1 Å². The number of alkyl halides is 3. The molecule has 3 atom stereocenters. The van der Waals surface area contributed by atoms with Gasteiger partial charge in [-0.2, -0.15) is 13.2 Å². The van der Waals surface area contributed by atoms with E-state index in [0.29, 0.717) is 38.6 Å². The van der Waals surface area contributed by atoms with Gasteiger partial charge >= 0.3 is 6.18 Å². The molecular weight excluding hydrogens is 739 g/mol. The SMILES string of the molecule is NC(N)=NCCC[C@@H]1NC(=O)[C@H](CCCCNC(=O)Cc2ccccc2)NC(=O)c2cn(nn2)CCCCCC(=O)NCCCC[C@@H](C(=O)C(F)(F)F)NC1=O. The molecule has 2 aromatic rings. The summed E-state index contributed by atoms with van der Waals surface area (Å²) < 4.78 is 42.4. The van der Waals surface area contributed by atoms with Gasteiger partial charge in [-0.3, -0.25) is 38.4 Å². The van der Waals surface area contributed by atoms with Gasteiger partial charge in [0.1, 0.15) is 12.1 Å². The van der Waals surface area contributed by atoms with Crippen molar-refractivity contribution < 1.29 is 41.9 Å². The van der Waals surface area contributed by atoms with Gasteiger partial charge in [0.15, 0.2) is 11.7 Å². The minimum absolute atomic E-state index is 0.0183. The first-order valence-corrected chi connectivity index (χ1v) is 18.8. The number of rotatable bonds is 12. The third-order valence-corrected chi connectivity index (χ3v) is 8.87. The van der Waals surface area contributed by atoms with Crippen molar-refractivity contribution in [3.63, 3.8) is 0 Å². The first-order chi connectivity index (χ1) is 26.7. The van der Waals surface area contributed by atoms with Crippen molar-refractivity contribution in [3.05, 3.63) is 47.8 Å². The van der Waals surface area contributed by atoms with Crippen LogP contribution in [-0.4, -0.2) is 100 Å². The fourth-order valence-electron chi connectivity index (χ4n) is 5.87. The zero-order valence-corrected chi connectivity index (χ0v) is 31.2. The number of benzene rings is 1. The van der Waals surface area contributed by atoms with Crippen LogP contribution < -0.4 is 38.1 Å². The highest BCUT2D eigenvalue weighted by atomic mass is 19.4. The van der Waals surface area contributed by atoms with E-state index in [1.165, 1.54) is 10.9 Å². The molecule has 1 aliphatic heterocycles. The fourth-order valence-corrected chi connectivity index (χ4v) is 5.87. The number of hydrogen-bond acceptors (Lipinski definition) is 9. The van der Waals surface area contributed by atoms with E-state index in [9.17, 15) is 41.9 Å². The van der Waals surface area contributed by atoms with E-state index in [0.717, 1.165) is 5.56 Å². The lowest BCUT2D eigenvalue weighted by atomic mass is 10.0. The molecule has 0 saturated heterocycles. The van der Waals surface area contributed by atoms with E-state index in [1.807, 2.05) is 30.3 Å². The molecule has 2 bridgehead atoms. The fraction of sp³-hybridized carbons (Fsp3) is 0.583. The van der Waals surface area contributed by atoms with Crippen molar-refractivity contribution >= 4 is 41.3 Å². The van der Waals surface area contributed by atoms with Crippen LogP contribution in [0.3, 0.4) is 0 Å². The first-order valence-electron chi connectivity index (χ1n) is 18.8. The molecule has 0 radical (unpaired) electrons. The zero-order chi connectivity index (χ0) is 40.9. The van der Waals surface area contributed by atoms with Crippen LogP contribution in [0.1, 0.15) is 93.1 Å². The molecule has 0 saturated carbocycles. The first kappa shape index (κ1) is 44.8. The average molecular weight is 792 g/mol. The standard InChI is InChI=1S/C36H52F3N11O6/c37-36(38,39)31(53)25-14-6-8-18-42-29(51)17-5-2-10-21-50-23-28(48-49-50)34(56)47-26(15-7-9-19-43-30(52)22-24-12-3-1-4-13-24)33(55)46-27(32(54)45-25)16-11-20-44-35(40)41/h1,3-4,12-13,23,25-27H,2,5-11,14-22H2,(H,42,51)(H,43,52)(H,45,54)(H,46,55)(H,47,56)(H4,40,41,44)/t25-,26-,27-/m0/s1.